The summed E-state index contributed by atoms with van der Waals surface area (Å²) in [7, 11) is 0. The maximum absolute atomic E-state index is 11.6. The first-order valence-electron chi connectivity index (χ1n) is 4.56. The Hall–Kier alpha value is -1.13. The average molecular weight is 203 g/mol. The van der Waals surface area contributed by atoms with Crippen LogP contribution in [0, 0.1) is 21.4 Å². The lowest BCUT2D eigenvalue weighted by Gasteiger charge is -2.21. The Bertz CT molecular complexity index is 219. The van der Waals surface area contributed by atoms with Gasteiger partial charge in [-0.25, -0.2) is 0 Å². The highest BCUT2D eigenvalue weighted by atomic mass is 16.9. The first-order chi connectivity index (χ1) is 6.25. The van der Waals surface area contributed by atoms with E-state index >= 15 is 0 Å². The molecule has 0 radical (unpaired) electrons. The number of rotatable bonds is 5. The van der Waals surface area contributed by atoms with Crippen LogP contribution in [0.25, 0.3) is 0 Å². The topological polar surface area (TPSA) is 69.4 Å². The van der Waals surface area contributed by atoms with Crippen molar-refractivity contribution in [1.29, 1.82) is 0 Å². The van der Waals surface area contributed by atoms with Gasteiger partial charge in [0.2, 0.25) is 0 Å². The maximum atomic E-state index is 11.6. The van der Waals surface area contributed by atoms with Crippen molar-refractivity contribution in [1.82, 2.24) is 0 Å². The molecule has 5 nitrogen and oxygen atoms in total. The van der Waals surface area contributed by atoms with Gasteiger partial charge in [0.1, 0.15) is 5.78 Å². The quantitative estimate of drug-likeness (QED) is 0.505. The van der Waals surface area contributed by atoms with Crippen LogP contribution in [0.15, 0.2) is 0 Å². The summed E-state index contributed by atoms with van der Waals surface area (Å²) in [6.45, 7) is 7.24. The van der Waals surface area contributed by atoms with E-state index in [-0.39, 0.29) is 18.3 Å². The molecule has 82 valence electrons. The first kappa shape index (κ1) is 12.9. The summed E-state index contributed by atoms with van der Waals surface area (Å²) in [5.41, 5.74) is -0.395. The first-order valence-corrected chi connectivity index (χ1v) is 4.56. The van der Waals surface area contributed by atoms with E-state index in [1.807, 2.05) is 20.8 Å². The zero-order chi connectivity index (χ0) is 11.4. The second-order valence-corrected chi connectivity index (χ2v) is 4.36. The van der Waals surface area contributed by atoms with Crippen molar-refractivity contribution in [2.45, 2.75) is 34.1 Å². The SMILES string of the molecule is CC(CCO[N+](=O)[O-])C(=O)C(C)(C)C. The highest BCUT2D eigenvalue weighted by Gasteiger charge is 2.26. The number of Topliss-reactive ketones (excluding diaryl/α,β-unsaturated/α-hetero) is 1. The average Bonchev–Trinajstić information content (AvgIpc) is 2.00. The third kappa shape index (κ3) is 4.79. The molecule has 0 aromatic carbocycles. The van der Waals surface area contributed by atoms with Gasteiger partial charge in [-0.1, -0.05) is 27.7 Å². The Morgan fingerprint density at radius 3 is 2.36 bits per heavy atom. The van der Waals surface area contributed by atoms with Crippen LogP contribution >= 0.6 is 0 Å². The van der Waals surface area contributed by atoms with Crippen LogP contribution in [-0.4, -0.2) is 17.5 Å². The van der Waals surface area contributed by atoms with E-state index in [0.29, 0.717) is 6.42 Å². The Morgan fingerprint density at radius 2 is 2.00 bits per heavy atom. The molecule has 0 heterocycles. The predicted octanol–water partition coefficient (Wildman–Crippen LogP) is 1.84. The highest BCUT2D eigenvalue weighted by Crippen LogP contribution is 2.21. The van der Waals surface area contributed by atoms with Gasteiger partial charge in [-0.3, -0.25) is 4.79 Å². The van der Waals surface area contributed by atoms with Crippen LogP contribution in [0.3, 0.4) is 0 Å². The molecule has 0 saturated heterocycles. The van der Waals surface area contributed by atoms with Crippen LogP contribution in [0.2, 0.25) is 0 Å². The molecule has 0 amide bonds. The van der Waals surface area contributed by atoms with Gasteiger partial charge in [-0.2, -0.15) is 0 Å². The molecule has 0 aliphatic heterocycles. The van der Waals surface area contributed by atoms with Gasteiger partial charge in [0.15, 0.2) is 0 Å². The summed E-state index contributed by atoms with van der Waals surface area (Å²) in [5, 5.41) is 9.01. The fourth-order valence-corrected chi connectivity index (χ4v) is 1.17. The van der Waals surface area contributed by atoms with Gasteiger partial charge in [0.25, 0.3) is 5.09 Å². The normalized spacial score (nSPS) is 13.4. The Morgan fingerprint density at radius 1 is 1.50 bits per heavy atom. The molecule has 0 aliphatic carbocycles. The molecule has 0 saturated carbocycles. The minimum Gasteiger partial charge on any atom is -0.314 e. The fourth-order valence-electron chi connectivity index (χ4n) is 1.17. The zero-order valence-electron chi connectivity index (χ0n) is 9.07. The second-order valence-electron chi connectivity index (χ2n) is 4.36. The Balaban J connectivity index is 3.91. The molecular formula is C9H17NO4. The molecule has 0 bridgehead atoms. The number of ketones is 1. The monoisotopic (exact) mass is 203 g/mol. The molecule has 0 spiro atoms. The molecule has 0 rings (SSSR count). The third-order valence-electron chi connectivity index (χ3n) is 1.93. The van der Waals surface area contributed by atoms with E-state index in [1.54, 1.807) is 6.92 Å². The van der Waals surface area contributed by atoms with E-state index in [0.717, 1.165) is 0 Å². The van der Waals surface area contributed by atoms with Gasteiger partial charge >= 0.3 is 0 Å². The summed E-state index contributed by atoms with van der Waals surface area (Å²) in [6, 6.07) is 0. The van der Waals surface area contributed by atoms with Crippen LogP contribution in [0.5, 0.6) is 0 Å². The van der Waals surface area contributed by atoms with Crippen LogP contribution < -0.4 is 0 Å². The van der Waals surface area contributed by atoms with Gasteiger partial charge in [0.05, 0.1) is 6.61 Å². The lowest BCUT2D eigenvalue weighted by atomic mass is 9.83. The Labute approximate surface area is 83.5 Å². The highest BCUT2D eigenvalue weighted by molar-refractivity contribution is 5.85. The third-order valence-corrected chi connectivity index (χ3v) is 1.93. The minimum atomic E-state index is -0.839. The second kappa shape index (κ2) is 4.93. The number of carbonyl (C=O) groups excluding carboxylic acids is 1. The van der Waals surface area contributed by atoms with Crippen molar-refractivity contribution >= 4 is 5.78 Å². The van der Waals surface area contributed by atoms with Crippen molar-refractivity contribution in [2.24, 2.45) is 11.3 Å². The summed E-state index contributed by atoms with van der Waals surface area (Å²) < 4.78 is 0. The lowest BCUT2D eigenvalue weighted by Crippen LogP contribution is -2.27. The number of nitrogens with zero attached hydrogens (tertiary/aromatic N) is 1. The molecule has 0 aromatic rings. The minimum absolute atomic E-state index is 0.0179. The molecular weight excluding hydrogens is 186 g/mol. The van der Waals surface area contributed by atoms with E-state index in [1.165, 1.54) is 0 Å². The van der Waals surface area contributed by atoms with Gasteiger partial charge in [-0.15, -0.1) is 10.1 Å². The van der Waals surface area contributed by atoms with E-state index in [2.05, 4.69) is 4.84 Å². The van der Waals surface area contributed by atoms with Crippen molar-refractivity contribution < 1.29 is 14.7 Å². The zero-order valence-corrected chi connectivity index (χ0v) is 9.07. The van der Waals surface area contributed by atoms with Gasteiger partial charge in [0, 0.05) is 11.3 Å². The summed E-state index contributed by atoms with van der Waals surface area (Å²) in [4.78, 5) is 25.6. The van der Waals surface area contributed by atoms with E-state index < -0.39 is 10.5 Å². The molecule has 0 fully saturated rings. The molecule has 5 heteroatoms. The molecule has 1 unspecified atom stereocenters. The van der Waals surface area contributed by atoms with Crippen molar-refractivity contribution in [3.63, 3.8) is 0 Å². The van der Waals surface area contributed by atoms with Crippen molar-refractivity contribution in [3.05, 3.63) is 10.1 Å². The number of hydrogen-bond acceptors (Lipinski definition) is 4. The smallest absolute Gasteiger partial charge is 0.294 e. The number of carbonyl (C=O) groups is 1. The van der Waals surface area contributed by atoms with E-state index in [4.69, 9.17) is 0 Å². The summed E-state index contributed by atoms with van der Waals surface area (Å²) in [5.74, 6) is -0.0978. The fraction of sp³-hybridized carbons (Fsp3) is 0.889. The molecule has 1 atom stereocenters. The van der Waals surface area contributed by atoms with Crippen LogP contribution in [-0.2, 0) is 9.63 Å². The number of hydrogen-bond donors (Lipinski definition) is 0. The standard InChI is InChI=1S/C9H17NO4/c1-7(5-6-14-10(12)13)8(11)9(2,3)4/h7H,5-6H2,1-4H3. The molecule has 0 aromatic heterocycles. The maximum Gasteiger partial charge on any atom is 0.294 e. The summed E-state index contributed by atoms with van der Waals surface area (Å²) in [6.07, 6.45) is 0.386. The molecule has 14 heavy (non-hydrogen) atoms. The largest absolute Gasteiger partial charge is 0.314 e. The van der Waals surface area contributed by atoms with E-state index in [9.17, 15) is 14.9 Å². The van der Waals surface area contributed by atoms with Crippen molar-refractivity contribution in [3.8, 4) is 0 Å². The molecule has 0 N–H and O–H groups in total. The van der Waals surface area contributed by atoms with Crippen LogP contribution in [0.4, 0.5) is 0 Å². The Kier molecular flexibility index (Phi) is 4.53. The van der Waals surface area contributed by atoms with Crippen LogP contribution in [0.1, 0.15) is 34.1 Å². The lowest BCUT2D eigenvalue weighted by molar-refractivity contribution is -0.758. The summed E-state index contributed by atoms with van der Waals surface area (Å²) >= 11 is 0. The molecule has 0 aliphatic rings. The van der Waals surface area contributed by atoms with Gasteiger partial charge in [-0.05, 0) is 6.42 Å². The van der Waals surface area contributed by atoms with Gasteiger partial charge < -0.3 is 4.84 Å². The van der Waals surface area contributed by atoms with Crippen molar-refractivity contribution in [2.75, 3.05) is 6.61 Å². The predicted molar refractivity (Wildman–Crippen MR) is 51.2 cm³/mol.